The lowest BCUT2D eigenvalue weighted by atomic mass is 9.96. The van der Waals surface area contributed by atoms with E-state index in [1.807, 2.05) is 0 Å². The lowest BCUT2D eigenvalue weighted by molar-refractivity contribution is -0.138. The molecule has 0 aliphatic carbocycles. The number of hydrogen-bond acceptors (Lipinski definition) is 6. The number of rotatable bonds is 4. The number of alkyl halides is 1. The highest BCUT2D eigenvalue weighted by Gasteiger charge is 2.40. The second-order valence-corrected chi connectivity index (χ2v) is 8.10. The van der Waals surface area contributed by atoms with Gasteiger partial charge >= 0.3 is 0 Å². The number of nitrogens with one attached hydrogen (secondary N) is 1. The molecule has 0 bridgehead atoms. The van der Waals surface area contributed by atoms with Crippen molar-refractivity contribution in [2.45, 2.75) is 44.4 Å². The number of carbonyl (C=O) groups is 1. The normalized spacial score (nSPS) is 24.4. The van der Waals surface area contributed by atoms with Crippen LogP contribution in [0, 0.1) is 18.6 Å². The highest BCUT2D eigenvalue weighted by molar-refractivity contribution is 5.86. The summed E-state index contributed by atoms with van der Waals surface area (Å²) in [6.07, 6.45) is 1.30. The summed E-state index contributed by atoms with van der Waals surface area (Å²) >= 11 is 0. The second kappa shape index (κ2) is 8.60. The number of aryl methyl sites for hydroxylation is 1. The van der Waals surface area contributed by atoms with E-state index < -0.39 is 24.1 Å². The number of nitrogen functional groups attached to an aromatic ring is 1. The lowest BCUT2D eigenvalue weighted by Crippen LogP contribution is -2.60. The largest absolute Gasteiger partial charge is 0.381 e. The Morgan fingerprint density at radius 3 is 2.74 bits per heavy atom. The minimum absolute atomic E-state index is 0.0127. The maximum atomic E-state index is 14.9. The number of carbonyl (C=O) groups excluding carboxylic acids is 1. The van der Waals surface area contributed by atoms with E-state index in [2.05, 4.69) is 15.3 Å². The fourth-order valence-corrected chi connectivity index (χ4v) is 4.37. The number of likely N-dealkylation sites (tertiary alicyclic amines) is 1. The van der Waals surface area contributed by atoms with Crippen molar-refractivity contribution in [3.05, 3.63) is 41.7 Å². The summed E-state index contributed by atoms with van der Waals surface area (Å²) in [5, 5.41) is 3.09. The molecule has 3 heterocycles. The van der Waals surface area contributed by atoms with Crippen LogP contribution in [-0.2, 0) is 4.79 Å². The Morgan fingerprint density at radius 2 is 1.97 bits per heavy atom. The summed E-state index contributed by atoms with van der Waals surface area (Å²) in [7, 11) is 0. The number of halogens is 3. The minimum atomic E-state index is -1.24. The van der Waals surface area contributed by atoms with Crippen molar-refractivity contribution < 1.29 is 18.0 Å². The molecule has 7 nitrogen and oxygen atoms in total. The summed E-state index contributed by atoms with van der Waals surface area (Å²) in [5.74, 6) is -1.64. The maximum absolute atomic E-state index is 14.9. The number of aromatic nitrogens is 2. The fraction of sp³-hybridized carbons (Fsp3) is 0.476. The predicted molar refractivity (Wildman–Crippen MR) is 111 cm³/mol. The lowest BCUT2D eigenvalue weighted by Gasteiger charge is -2.44. The van der Waals surface area contributed by atoms with Gasteiger partial charge in [0.25, 0.3) is 0 Å². The molecule has 166 valence electrons. The standard InChI is InChI=1S/C21H25F3N6O/c1-12-7-13(22)9-14(8-12)28-16-3-2-5-30(21(16)31)17-10-29(6-4-15(17)23)20-18(24)19(25)26-11-27-20/h7-9,11,15-17,28H,2-6,10H2,1H3,(H2,25,26,27). The van der Waals surface area contributed by atoms with Crippen LogP contribution in [-0.4, -0.2) is 58.7 Å². The van der Waals surface area contributed by atoms with Crippen molar-refractivity contribution in [2.24, 2.45) is 0 Å². The SMILES string of the molecule is Cc1cc(F)cc(NC2CCCN(C3CN(c4ncnc(N)c4F)CCC3F)C2=O)c1. The molecule has 3 unspecified atom stereocenters. The summed E-state index contributed by atoms with van der Waals surface area (Å²) in [6.45, 7) is 2.54. The first-order valence-corrected chi connectivity index (χ1v) is 10.3. The number of nitrogens with two attached hydrogens (primary N) is 1. The van der Waals surface area contributed by atoms with Crippen LogP contribution in [0.1, 0.15) is 24.8 Å². The van der Waals surface area contributed by atoms with E-state index in [9.17, 15) is 18.0 Å². The first kappa shape index (κ1) is 21.2. The molecule has 3 atom stereocenters. The van der Waals surface area contributed by atoms with Crippen LogP contribution in [0.5, 0.6) is 0 Å². The van der Waals surface area contributed by atoms with E-state index in [0.29, 0.717) is 25.1 Å². The fourth-order valence-electron chi connectivity index (χ4n) is 4.37. The number of amides is 1. The molecule has 0 radical (unpaired) electrons. The van der Waals surface area contributed by atoms with Gasteiger partial charge in [0.2, 0.25) is 11.7 Å². The zero-order valence-corrected chi connectivity index (χ0v) is 17.2. The molecule has 2 saturated heterocycles. The Hall–Kier alpha value is -3.04. The Morgan fingerprint density at radius 1 is 1.16 bits per heavy atom. The molecule has 3 N–H and O–H groups in total. The maximum Gasteiger partial charge on any atom is 0.245 e. The molecule has 1 aromatic carbocycles. The van der Waals surface area contributed by atoms with Crippen LogP contribution < -0.4 is 16.0 Å². The molecule has 10 heteroatoms. The Kier molecular flexibility index (Phi) is 5.88. The van der Waals surface area contributed by atoms with Crippen LogP contribution in [0.2, 0.25) is 0 Å². The van der Waals surface area contributed by atoms with Crippen LogP contribution in [0.3, 0.4) is 0 Å². The monoisotopic (exact) mass is 434 g/mol. The molecule has 2 fully saturated rings. The first-order valence-electron chi connectivity index (χ1n) is 10.3. The van der Waals surface area contributed by atoms with E-state index in [-0.39, 0.29) is 42.9 Å². The van der Waals surface area contributed by atoms with Crippen molar-refractivity contribution >= 4 is 23.2 Å². The number of hydrogen-bond donors (Lipinski definition) is 2. The summed E-state index contributed by atoms with van der Waals surface area (Å²) in [4.78, 5) is 23.9. The molecule has 4 rings (SSSR count). The molecular weight excluding hydrogens is 409 g/mol. The molecule has 0 saturated carbocycles. The van der Waals surface area contributed by atoms with Gasteiger partial charge in [0, 0.05) is 25.3 Å². The van der Waals surface area contributed by atoms with Crippen molar-refractivity contribution in [3.8, 4) is 0 Å². The van der Waals surface area contributed by atoms with Gasteiger partial charge in [-0.15, -0.1) is 0 Å². The van der Waals surface area contributed by atoms with Gasteiger partial charge in [-0.1, -0.05) is 0 Å². The molecule has 2 aromatic rings. The summed E-state index contributed by atoms with van der Waals surface area (Å²) < 4.78 is 43.0. The smallest absolute Gasteiger partial charge is 0.245 e. The highest BCUT2D eigenvalue weighted by atomic mass is 19.1. The predicted octanol–water partition coefficient (Wildman–Crippen LogP) is 2.67. The van der Waals surface area contributed by atoms with Gasteiger partial charge < -0.3 is 20.9 Å². The van der Waals surface area contributed by atoms with Crippen molar-refractivity contribution in [1.82, 2.24) is 14.9 Å². The average molecular weight is 434 g/mol. The van der Waals surface area contributed by atoms with Gasteiger partial charge in [-0.3, -0.25) is 4.79 Å². The molecule has 0 spiro atoms. The van der Waals surface area contributed by atoms with Crippen molar-refractivity contribution in [3.63, 3.8) is 0 Å². The second-order valence-electron chi connectivity index (χ2n) is 8.10. The summed E-state index contributed by atoms with van der Waals surface area (Å²) in [5.41, 5.74) is 6.79. The van der Waals surface area contributed by atoms with Crippen LogP contribution >= 0.6 is 0 Å². The van der Waals surface area contributed by atoms with Crippen LogP contribution in [0.15, 0.2) is 24.5 Å². The molecule has 2 aliphatic rings. The number of nitrogens with zero attached hydrogens (tertiary/aromatic N) is 4. The number of piperidine rings is 2. The zero-order valence-electron chi connectivity index (χ0n) is 17.2. The average Bonchev–Trinajstić information content (AvgIpc) is 2.72. The Labute approximate surface area is 178 Å². The molecular formula is C21H25F3N6O. The van der Waals surface area contributed by atoms with Gasteiger partial charge in [-0.25, -0.2) is 18.7 Å². The zero-order chi connectivity index (χ0) is 22.1. The topological polar surface area (TPSA) is 87.4 Å². The van der Waals surface area contributed by atoms with Gasteiger partial charge in [-0.05, 0) is 49.9 Å². The van der Waals surface area contributed by atoms with Crippen molar-refractivity contribution in [2.75, 3.05) is 35.6 Å². The first-order chi connectivity index (χ1) is 14.8. The third kappa shape index (κ3) is 4.38. The quantitative estimate of drug-likeness (QED) is 0.770. The third-order valence-electron chi connectivity index (χ3n) is 5.85. The van der Waals surface area contributed by atoms with Gasteiger partial charge in [-0.2, -0.15) is 4.39 Å². The molecule has 1 amide bonds. The third-order valence-corrected chi connectivity index (χ3v) is 5.85. The minimum Gasteiger partial charge on any atom is -0.381 e. The van der Waals surface area contributed by atoms with E-state index in [1.54, 1.807) is 17.9 Å². The van der Waals surface area contributed by atoms with Gasteiger partial charge in [0.15, 0.2) is 11.6 Å². The van der Waals surface area contributed by atoms with Crippen LogP contribution in [0.4, 0.5) is 30.5 Å². The van der Waals surface area contributed by atoms with E-state index in [1.165, 1.54) is 17.0 Å². The molecule has 2 aliphatic heterocycles. The van der Waals surface area contributed by atoms with Crippen molar-refractivity contribution in [1.29, 1.82) is 0 Å². The number of anilines is 3. The number of benzene rings is 1. The van der Waals surface area contributed by atoms with Gasteiger partial charge in [0.05, 0.1) is 6.04 Å². The Balaban J connectivity index is 1.51. The summed E-state index contributed by atoms with van der Waals surface area (Å²) in [6, 6.07) is 3.18. The van der Waals surface area contributed by atoms with Crippen LogP contribution in [0.25, 0.3) is 0 Å². The molecule has 1 aromatic heterocycles. The highest BCUT2D eigenvalue weighted by Crippen LogP contribution is 2.29. The Bertz CT molecular complexity index is 954. The van der Waals surface area contributed by atoms with Gasteiger partial charge in [0.1, 0.15) is 24.4 Å². The van der Waals surface area contributed by atoms with E-state index >= 15 is 0 Å². The molecule has 31 heavy (non-hydrogen) atoms. The van der Waals surface area contributed by atoms with E-state index in [0.717, 1.165) is 11.9 Å². The van der Waals surface area contributed by atoms with E-state index in [4.69, 9.17) is 5.73 Å².